The van der Waals surface area contributed by atoms with Crippen LogP contribution in [0.15, 0.2) is 22.5 Å². The molecule has 1 aliphatic heterocycles. The summed E-state index contributed by atoms with van der Waals surface area (Å²) in [6, 6.07) is 0. The van der Waals surface area contributed by atoms with E-state index in [4.69, 9.17) is 0 Å². The Balaban J connectivity index is 2.30. The highest BCUT2D eigenvalue weighted by atomic mass is 32.1. The number of hydrogen-bond donors (Lipinski definition) is 1. The number of nitrogens with zero attached hydrogens (tertiary/aromatic N) is 1. The summed E-state index contributed by atoms with van der Waals surface area (Å²) in [4.78, 5) is 13.2. The Bertz CT molecular complexity index is 339. The van der Waals surface area contributed by atoms with Crippen LogP contribution in [-0.4, -0.2) is 10.9 Å². The maximum Gasteiger partial charge on any atom is 0.281 e. The summed E-state index contributed by atoms with van der Waals surface area (Å²) in [6.07, 6.45) is 6.34. The number of H-pyrrole nitrogens is 1. The molecule has 0 atom stereocenters. The van der Waals surface area contributed by atoms with Crippen LogP contribution in [0.4, 0.5) is 5.69 Å². The lowest BCUT2D eigenvalue weighted by Gasteiger charge is -2.20. The molecular weight excluding hydrogens is 172 g/mol. The predicted molar refractivity (Wildman–Crippen MR) is 50.7 cm³/mol. The molecule has 0 spiro atoms. The first-order chi connectivity index (χ1) is 5.88. The lowest BCUT2D eigenvalue weighted by molar-refractivity contribution is 0.785. The maximum absolute atomic E-state index is 11.2. The minimum Gasteiger partial charge on any atom is -0.343 e. The van der Waals surface area contributed by atoms with Gasteiger partial charge in [0.1, 0.15) is 5.69 Å². The minimum absolute atomic E-state index is 0.0200. The third-order valence-corrected chi connectivity index (χ3v) is 2.56. The average molecular weight is 182 g/mol. The fraction of sp³-hybridized carbons (Fsp3) is 0.375. The number of hydrogen-bond acceptors (Lipinski definition) is 3. The molecule has 1 aromatic heterocycles. The van der Waals surface area contributed by atoms with E-state index < -0.39 is 0 Å². The van der Waals surface area contributed by atoms with Gasteiger partial charge in [-0.2, -0.15) is 0 Å². The van der Waals surface area contributed by atoms with Crippen LogP contribution in [-0.2, 0) is 0 Å². The van der Waals surface area contributed by atoms with Crippen molar-refractivity contribution >= 4 is 17.2 Å². The Morgan fingerprint density at radius 2 is 2.50 bits per heavy atom. The molecule has 0 aliphatic carbocycles. The average Bonchev–Trinajstić information content (AvgIpc) is 2.53. The van der Waals surface area contributed by atoms with Crippen LogP contribution in [0.2, 0.25) is 0 Å². The number of nitrogens with one attached hydrogen (secondary N) is 1. The van der Waals surface area contributed by atoms with Crippen molar-refractivity contribution in [2.45, 2.75) is 12.8 Å². The van der Waals surface area contributed by atoms with Gasteiger partial charge in [0.15, 0.2) is 0 Å². The normalized spacial score (nSPS) is 16.8. The Morgan fingerprint density at radius 1 is 1.58 bits per heavy atom. The Hall–Kier alpha value is -1.03. The van der Waals surface area contributed by atoms with Crippen molar-refractivity contribution < 1.29 is 0 Å². The van der Waals surface area contributed by atoms with Crippen LogP contribution in [0.5, 0.6) is 0 Å². The molecule has 64 valence electrons. The molecule has 0 fully saturated rings. The molecule has 0 amide bonds. The topological polar surface area (TPSA) is 36.1 Å². The molecular formula is C8H10N2OS. The van der Waals surface area contributed by atoms with Crippen LogP contribution in [0.25, 0.3) is 0 Å². The van der Waals surface area contributed by atoms with Crippen LogP contribution < -0.4 is 10.5 Å². The second-order valence-electron chi connectivity index (χ2n) is 2.77. The Labute approximate surface area is 74.5 Å². The van der Waals surface area contributed by atoms with E-state index in [0.29, 0.717) is 0 Å². The van der Waals surface area contributed by atoms with Gasteiger partial charge in [0.2, 0.25) is 0 Å². The number of rotatable bonds is 1. The van der Waals surface area contributed by atoms with Crippen molar-refractivity contribution in [2.24, 2.45) is 0 Å². The molecule has 0 aromatic carbocycles. The van der Waals surface area contributed by atoms with Crippen molar-refractivity contribution in [3.63, 3.8) is 0 Å². The second-order valence-corrected chi connectivity index (χ2v) is 3.45. The summed E-state index contributed by atoms with van der Waals surface area (Å²) in [5.41, 5.74) is 0.794. The zero-order valence-corrected chi connectivity index (χ0v) is 7.43. The van der Waals surface area contributed by atoms with Crippen molar-refractivity contribution in [1.82, 2.24) is 4.37 Å². The van der Waals surface area contributed by atoms with Crippen LogP contribution in [0.1, 0.15) is 12.8 Å². The van der Waals surface area contributed by atoms with E-state index in [9.17, 15) is 4.79 Å². The van der Waals surface area contributed by atoms with Gasteiger partial charge in [0.25, 0.3) is 5.56 Å². The zero-order valence-electron chi connectivity index (χ0n) is 6.62. The van der Waals surface area contributed by atoms with Gasteiger partial charge in [-0.15, -0.1) is 0 Å². The molecule has 3 nitrogen and oxygen atoms in total. The van der Waals surface area contributed by atoms with Crippen LogP contribution in [0.3, 0.4) is 0 Å². The predicted octanol–water partition coefficient (Wildman–Crippen LogP) is 1.55. The highest BCUT2D eigenvalue weighted by Crippen LogP contribution is 2.15. The summed E-state index contributed by atoms with van der Waals surface area (Å²) in [5, 5.41) is 1.86. The summed E-state index contributed by atoms with van der Waals surface area (Å²) >= 11 is 1.35. The summed E-state index contributed by atoms with van der Waals surface area (Å²) < 4.78 is 2.68. The molecule has 12 heavy (non-hydrogen) atoms. The van der Waals surface area contributed by atoms with E-state index in [-0.39, 0.29) is 5.56 Å². The van der Waals surface area contributed by atoms with Crippen LogP contribution >= 0.6 is 11.5 Å². The van der Waals surface area contributed by atoms with Crippen LogP contribution in [0, 0.1) is 0 Å². The molecule has 2 heterocycles. The smallest absolute Gasteiger partial charge is 0.281 e. The van der Waals surface area contributed by atoms with E-state index in [1.54, 1.807) is 0 Å². The first kappa shape index (κ1) is 7.61. The highest BCUT2D eigenvalue weighted by molar-refractivity contribution is 7.03. The van der Waals surface area contributed by atoms with Crippen molar-refractivity contribution in [3.8, 4) is 0 Å². The van der Waals surface area contributed by atoms with Gasteiger partial charge >= 0.3 is 0 Å². The van der Waals surface area contributed by atoms with Gasteiger partial charge in [-0.05, 0) is 12.8 Å². The van der Waals surface area contributed by atoms with E-state index in [0.717, 1.165) is 25.1 Å². The largest absolute Gasteiger partial charge is 0.343 e. The molecule has 0 bridgehead atoms. The number of aromatic amines is 1. The fourth-order valence-corrected chi connectivity index (χ4v) is 1.92. The molecule has 1 aliphatic rings. The van der Waals surface area contributed by atoms with E-state index in [1.807, 2.05) is 16.5 Å². The van der Waals surface area contributed by atoms with Crippen molar-refractivity contribution in [2.75, 3.05) is 11.4 Å². The van der Waals surface area contributed by atoms with Crippen molar-refractivity contribution in [3.05, 3.63) is 28.0 Å². The molecule has 0 saturated heterocycles. The first-order valence-corrected chi connectivity index (χ1v) is 4.85. The third-order valence-electron chi connectivity index (χ3n) is 1.92. The van der Waals surface area contributed by atoms with Gasteiger partial charge in [-0.25, -0.2) is 0 Å². The van der Waals surface area contributed by atoms with Gasteiger partial charge in [-0.3, -0.25) is 9.17 Å². The van der Waals surface area contributed by atoms with Gasteiger partial charge in [-0.1, -0.05) is 17.6 Å². The molecule has 0 unspecified atom stereocenters. The van der Waals surface area contributed by atoms with Gasteiger partial charge in [0.05, 0.1) is 0 Å². The maximum atomic E-state index is 11.2. The quantitative estimate of drug-likeness (QED) is 0.715. The summed E-state index contributed by atoms with van der Waals surface area (Å²) in [7, 11) is 0. The van der Waals surface area contributed by atoms with E-state index in [1.165, 1.54) is 11.5 Å². The molecule has 0 saturated carbocycles. The Morgan fingerprint density at radius 3 is 3.08 bits per heavy atom. The molecule has 1 N–H and O–H groups in total. The monoisotopic (exact) mass is 182 g/mol. The third kappa shape index (κ3) is 1.30. The molecule has 0 radical (unpaired) electrons. The standard InChI is InChI=1S/C8H10N2OS/c11-8-7(6-12-9-8)10-4-2-1-3-5-10/h2,4,6H,1,3,5H2,(H,9,11). The second kappa shape index (κ2) is 3.15. The lowest BCUT2D eigenvalue weighted by atomic mass is 10.2. The molecule has 2 rings (SSSR count). The molecule has 1 aromatic rings. The number of aromatic nitrogens is 1. The SMILES string of the molecule is O=c1[nH]scc1N1C=CCCC1. The summed E-state index contributed by atoms with van der Waals surface area (Å²) in [5.74, 6) is 0. The number of allylic oxidation sites excluding steroid dienone is 1. The minimum atomic E-state index is 0.0200. The fourth-order valence-electron chi connectivity index (χ4n) is 1.30. The Kier molecular flexibility index (Phi) is 1.99. The lowest BCUT2D eigenvalue weighted by Crippen LogP contribution is -2.24. The summed E-state index contributed by atoms with van der Waals surface area (Å²) in [6.45, 7) is 0.955. The van der Waals surface area contributed by atoms with Gasteiger partial charge in [0, 0.05) is 18.1 Å². The van der Waals surface area contributed by atoms with Gasteiger partial charge < -0.3 is 4.90 Å². The zero-order chi connectivity index (χ0) is 8.39. The number of anilines is 1. The first-order valence-electron chi connectivity index (χ1n) is 3.97. The highest BCUT2D eigenvalue weighted by Gasteiger charge is 2.09. The molecule has 4 heteroatoms. The van der Waals surface area contributed by atoms with E-state index in [2.05, 4.69) is 10.4 Å². The van der Waals surface area contributed by atoms with E-state index >= 15 is 0 Å². The van der Waals surface area contributed by atoms with Crippen molar-refractivity contribution in [1.29, 1.82) is 0 Å².